The number of hydrogen-bond acceptors (Lipinski definition) is 16. The molecule has 0 bridgehead atoms. The third kappa shape index (κ3) is 13.9. The fourth-order valence-electron chi connectivity index (χ4n) is 5.04. The summed E-state index contributed by atoms with van der Waals surface area (Å²) in [5.41, 5.74) is 0.250. The first-order valence-corrected chi connectivity index (χ1v) is 18.2. The highest BCUT2D eigenvalue weighted by Crippen LogP contribution is 2.30. The minimum atomic E-state index is -4.66. The molecule has 0 saturated carbocycles. The molecule has 1 aromatic carbocycles. The van der Waals surface area contributed by atoms with Crippen LogP contribution < -0.4 is 20.1 Å². The highest BCUT2D eigenvalue weighted by atomic mass is 32.2. The number of carbonyl (C=O) groups excluding carboxylic acids is 5. The first-order chi connectivity index (χ1) is 25.5. The molecule has 22 heteroatoms. The van der Waals surface area contributed by atoms with Crippen LogP contribution in [0.15, 0.2) is 30.4 Å². The second kappa shape index (κ2) is 20.7. The Bertz CT molecular complexity index is 1630. The number of nitrogens with one attached hydrogen (secondary N) is 2. The van der Waals surface area contributed by atoms with E-state index in [1.54, 1.807) is 0 Å². The van der Waals surface area contributed by atoms with Crippen molar-refractivity contribution in [2.24, 2.45) is 0 Å². The number of carboxylic acid groups (broad SMARTS) is 1. The molecule has 2 aliphatic heterocycles. The molecule has 0 aliphatic carbocycles. The second-order valence-electron chi connectivity index (χ2n) is 12.0. The summed E-state index contributed by atoms with van der Waals surface area (Å²) in [7, 11) is -4.66. The molecule has 0 spiro atoms. The number of esters is 1. The number of hydrogen-bond donors (Lipinski definition) is 7. The molecule has 1 fully saturated rings. The minimum absolute atomic E-state index is 0.0299. The van der Waals surface area contributed by atoms with Gasteiger partial charge in [-0.2, -0.15) is 8.42 Å². The zero-order valence-corrected chi connectivity index (χ0v) is 29.8. The van der Waals surface area contributed by atoms with Gasteiger partial charge in [-0.25, -0.2) is 4.79 Å². The number of carbonyl (C=O) groups is 6. The van der Waals surface area contributed by atoms with E-state index in [0.717, 1.165) is 17.1 Å². The number of carboxylic acids is 1. The Labute approximate surface area is 308 Å². The number of imide groups is 1. The molecule has 54 heavy (non-hydrogen) atoms. The lowest BCUT2D eigenvalue weighted by atomic mass is 9.99. The van der Waals surface area contributed by atoms with E-state index in [2.05, 4.69) is 10.6 Å². The molecule has 21 nitrogen and oxygen atoms in total. The van der Waals surface area contributed by atoms with Gasteiger partial charge in [0, 0.05) is 50.2 Å². The standard InChI is InChI=1S/C32H43N3O18S/c1-18(36)51-16-19-6-7-20(15-22(19)52-32-28(42)26(40)27(41)29(53-32)31(44)45)50-14-13-49-12-10-33-30(43)21(17-54(46,47)48)34-23(37)5-3-2-4-11-35-24(38)8-9-25(35)39/h6-9,15,21,26-29,32,40-42H,2-5,10-14,16-17H2,1H3,(H,33,43)(H,34,37)(H,44,45)(H,46,47,48)/t21-,26+,27+,28-,29+,32-/m1/s1. The van der Waals surface area contributed by atoms with Crippen molar-refractivity contribution in [3.8, 4) is 11.5 Å². The van der Waals surface area contributed by atoms with Crippen LogP contribution in [0.2, 0.25) is 0 Å². The smallest absolute Gasteiger partial charge is 0.335 e. The number of amides is 4. The van der Waals surface area contributed by atoms with Gasteiger partial charge in [-0.1, -0.05) is 6.42 Å². The molecule has 2 aliphatic rings. The van der Waals surface area contributed by atoms with Gasteiger partial charge in [-0.3, -0.25) is 33.4 Å². The van der Waals surface area contributed by atoms with Crippen molar-refractivity contribution in [3.05, 3.63) is 35.9 Å². The Morgan fingerprint density at radius 2 is 1.67 bits per heavy atom. The third-order valence-corrected chi connectivity index (χ3v) is 8.54. The van der Waals surface area contributed by atoms with Gasteiger partial charge < -0.3 is 54.7 Å². The van der Waals surface area contributed by atoms with Gasteiger partial charge in [-0.15, -0.1) is 0 Å². The van der Waals surface area contributed by atoms with Crippen LogP contribution in [0.3, 0.4) is 0 Å². The molecule has 0 radical (unpaired) electrons. The summed E-state index contributed by atoms with van der Waals surface area (Å²) in [4.78, 5) is 72.1. The Kier molecular flexibility index (Phi) is 16.7. The lowest BCUT2D eigenvalue weighted by molar-refractivity contribution is -0.271. The summed E-state index contributed by atoms with van der Waals surface area (Å²) in [6.07, 6.45) is -5.96. The van der Waals surface area contributed by atoms with Gasteiger partial charge in [0.15, 0.2) is 6.10 Å². The Balaban J connectivity index is 1.44. The topological polar surface area (TPSA) is 311 Å². The molecular weight excluding hydrogens is 746 g/mol. The maximum Gasteiger partial charge on any atom is 0.335 e. The van der Waals surface area contributed by atoms with Crippen LogP contribution in [0.4, 0.5) is 0 Å². The van der Waals surface area contributed by atoms with Crippen molar-refractivity contribution < 1.29 is 85.8 Å². The van der Waals surface area contributed by atoms with E-state index in [-0.39, 0.29) is 63.0 Å². The van der Waals surface area contributed by atoms with Gasteiger partial charge >= 0.3 is 11.9 Å². The molecule has 300 valence electrons. The van der Waals surface area contributed by atoms with Gasteiger partial charge in [0.2, 0.25) is 18.1 Å². The summed E-state index contributed by atoms with van der Waals surface area (Å²) < 4.78 is 59.1. The van der Waals surface area contributed by atoms with Gasteiger partial charge in [-0.05, 0) is 25.0 Å². The van der Waals surface area contributed by atoms with Crippen molar-refractivity contribution in [1.82, 2.24) is 15.5 Å². The Morgan fingerprint density at radius 1 is 0.963 bits per heavy atom. The highest BCUT2D eigenvalue weighted by Gasteiger charge is 2.48. The molecular formula is C32H43N3O18S. The van der Waals surface area contributed by atoms with Crippen molar-refractivity contribution in [1.29, 1.82) is 0 Å². The summed E-state index contributed by atoms with van der Waals surface area (Å²) in [5.74, 6) is -5.61. The first kappa shape index (κ1) is 43.7. The molecule has 4 amide bonds. The van der Waals surface area contributed by atoms with E-state index in [9.17, 15) is 62.2 Å². The van der Waals surface area contributed by atoms with E-state index in [1.165, 1.54) is 25.1 Å². The van der Waals surface area contributed by atoms with Crippen molar-refractivity contribution >= 4 is 45.7 Å². The van der Waals surface area contributed by atoms with Crippen LogP contribution in [0, 0.1) is 0 Å². The molecule has 7 N–H and O–H groups in total. The quantitative estimate of drug-likeness (QED) is 0.0274. The molecule has 3 rings (SSSR count). The van der Waals surface area contributed by atoms with Gasteiger partial charge in [0.05, 0.1) is 13.2 Å². The fourth-order valence-corrected chi connectivity index (χ4v) is 5.70. The zero-order valence-electron chi connectivity index (χ0n) is 29.0. The van der Waals surface area contributed by atoms with Crippen molar-refractivity contribution in [3.63, 3.8) is 0 Å². The Morgan fingerprint density at radius 3 is 2.31 bits per heavy atom. The van der Waals surface area contributed by atoms with Gasteiger partial charge in [0.25, 0.3) is 21.9 Å². The third-order valence-electron chi connectivity index (χ3n) is 7.78. The number of rotatable bonds is 22. The predicted molar refractivity (Wildman–Crippen MR) is 179 cm³/mol. The SMILES string of the molecule is CC(=O)OCc1ccc(OCCOCCNC(=O)[C@@H](CS(=O)(=O)O)NC(=O)CCCCCN2C(=O)C=CC2=O)cc1O[C@@H]1O[C@H](C(=O)O)[C@@H](O)[C@H](O)[C@H]1O. The van der Waals surface area contributed by atoms with Crippen LogP contribution in [0.25, 0.3) is 0 Å². The Hall–Kier alpha value is -4.71. The average Bonchev–Trinajstić information content (AvgIpc) is 3.42. The lowest BCUT2D eigenvalue weighted by Gasteiger charge is -2.38. The number of benzene rings is 1. The lowest BCUT2D eigenvalue weighted by Crippen LogP contribution is -2.61. The normalized spacial score (nSPS) is 21.7. The maximum absolute atomic E-state index is 12.6. The van der Waals surface area contributed by atoms with Crippen molar-refractivity contribution in [2.75, 3.05) is 38.7 Å². The number of nitrogens with zero attached hydrogens (tertiary/aromatic N) is 1. The van der Waals surface area contributed by atoms with Crippen LogP contribution in [0.1, 0.15) is 38.2 Å². The minimum Gasteiger partial charge on any atom is -0.491 e. The molecule has 6 atom stereocenters. The first-order valence-electron chi connectivity index (χ1n) is 16.6. The number of aliphatic hydroxyl groups is 3. The van der Waals surface area contributed by atoms with Crippen LogP contribution >= 0.6 is 0 Å². The van der Waals surface area contributed by atoms with Crippen LogP contribution in [-0.4, -0.2) is 149 Å². The fraction of sp³-hybridized carbons (Fsp3) is 0.562. The number of ether oxygens (including phenoxy) is 5. The highest BCUT2D eigenvalue weighted by molar-refractivity contribution is 7.85. The second-order valence-corrected chi connectivity index (χ2v) is 13.5. The van der Waals surface area contributed by atoms with E-state index in [4.69, 9.17) is 23.7 Å². The zero-order chi connectivity index (χ0) is 40.0. The van der Waals surface area contributed by atoms with Crippen molar-refractivity contribution in [2.45, 2.75) is 76.0 Å². The maximum atomic E-state index is 12.6. The molecule has 0 aromatic heterocycles. The summed E-state index contributed by atoms with van der Waals surface area (Å²) >= 11 is 0. The predicted octanol–water partition coefficient (Wildman–Crippen LogP) is -2.61. The molecule has 0 unspecified atom stereocenters. The summed E-state index contributed by atoms with van der Waals surface area (Å²) in [5, 5.41) is 44.4. The van der Waals surface area contributed by atoms with E-state index in [0.29, 0.717) is 19.3 Å². The average molecular weight is 790 g/mol. The molecule has 2 heterocycles. The molecule has 1 saturated heterocycles. The van der Waals surface area contributed by atoms with Gasteiger partial charge in [0.1, 0.15) is 54.8 Å². The van der Waals surface area contributed by atoms with Crippen LogP contribution in [0.5, 0.6) is 11.5 Å². The summed E-state index contributed by atoms with van der Waals surface area (Å²) in [6, 6.07) is 2.62. The van der Waals surface area contributed by atoms with E-state index >= 15 is 0 Å². The van der Waals surface area contributed by atoms with Crippen LogP contribution in [-0.2, 0) is 59.7 Å². The largest absolute Gasteiger partial charge is 0.491 e. The van der Waals surface area contributed by atoms with E-state index < -0.39 is 88.2 Å². The number of aliphatic carboxylic acids is 1. The summed E-state index contributed by atoms with van der Waals surface area (Å²) in [6.45, 7) is 0.756. The monoisotopic (exact) mass is 789 g/mol. The molecule has 1 aromatic rings. The van der Waals surface area contributed by atoms with E-state index in [1.807, 2.05) is 0 Å². The number of aliphatic hydroxyl groups excluding tert-OH is 3. The number of unbranched alkanes of at least 4 members (excludes halogenated alkanes) is 2.